The molecule has 5 rings (SSSR count). The van der Waals surface area contributed by atoms with Crippen molar-refractivity contribution in [2.75, 3.05) is 6.61 Å². The fraction of sp³-hybridized carbons (Fsp3) is 1.00. The van der Waals surface area contributed by atoms with E-state index in [9.17, 15) is 0 Å². The molecule has 0 amide bonds. The van der Waals surface area contributed by atoms with Gasteiger partial charge in [-0.15, -0.1) is 0 Å². The molecule has 7 atom stereocenters. The van der Waals surface area contributed by atoms with E-state index in [4.69, 9.17) is 19.2 Å². The first-order valence-electron chi connectivity index (χ1n) is 8.75. The number of hydrogen-bond donors (Lipinski definition) is 0. The SMILES string of the molecule is CCC[C@H]1CO[C@@H]2O[C@@]3(C)CC[C@H]4[C@H](C)CC[C@@H]1[C@@]24OO3. The van der Waals surface area contributed by atoms with Gasteiger partial charge in [0.1, 0.15) is 0 Å². The quantitative estimate of drug-likeness (QED) is 0.729. The molecule has 0 aromatic rings. The summed E-state index contributed by atoms with van der Waals surface area (Å²) in [5.41, 5.74) is -0.369. The second-order valence-electron chi connectivity index (χ2n) is 7.79. The molecule has 2 bridgehead atoms. The lowest BCUT2D eigenvalue weighted by molar-refractivity contribution is -0.567. The average molecular weight is 296 g/mol. The van der Waals surface area contributed by atoms with Crippen LogP contribution in [0.3, 0.4) is 0 Å². The summed E-state index contributed by atoms with van der Waals surface area (Å²) in [6.45, 7) is 7.41. The highest BCUT2D eigenvalue weighted by Gasteiger charge is 2.68. The molecule has 4 saturated heterocycles. The minimum Gasteiger partial charge on any atom is -0.349 e. The molecule has 21 heavy (non-hydrogen) atoms. The van der Waals surface area contributed by atoms with Crippen molar-refractivity contribution in [3.8, 4) is 0 Å². The Bertz CT molecular complexity index is 414. The predicted molar refractivity (Wildman–Crippen MR) is 77.1 cm³/mol. The van der Waals surface area contributed by atoms with Gasteiger partial charge in [0, 0.05) is 12.3 Å². The molecule has 1 spiro atoms. The smallest absolute Gasteiger partial charge is 0.201 e. The molecule has 4 heteroatoms. The van der Waals surface area contributed by atoms with Gasteiger partial charge in [-0.1, -0.05) is 20.3 Å². The van der Waals surface area contributed by atoms with Crippen LogP contribution < -0.4 is 0 Å². The van der Waals surface area contributed by atoms with Crippen molar-refractivity contribution in [1.29, 1.82) is 0 Å². The van der Waals surface area contributed by atoms with Crippen LogP contribution in [0.1, 0.15) is 59.3 Å². The van der Waals surface area contributed by atoms with E-state index in [1.807, 2.05) is 6.92 Å². The second kappa shape index (κ2) is 4.92. The summed E-state index contributed by atoms with van der Waals surface area (Å²) in [7, 11) is 0. The second-order valence-corrected chi connectivity index (χ2v) is 7.79. The number of rotatable bonds is 2. The van der Waals surface area contributed by atoms with Crippen molar-refractivity contribution >= 4 is 0 Å². The monoisotopic (exact) mass is 296 g/mol. The molecular weight excluding hydrogens is 268 g/mol. The number of fused-ring (bicyclic) bond motifs is 2. The van der Waals surface area contributed by atoms with Gasteiger partial charge >= 0.3 is 0 Å². The van der Waals surface area contributed by atoms with Crippen LogP contribution in [-0.4, -0.2) is 24.3 Å². The summed E-state index contributed by atoms with van der Waals surface area (Å²) in [6, 6.07) is 0. The van der Waals surface area contributed by atoms with Crippen molar-refractivity contribution in [2.24, 2.45) is 23.7 Å². The largest absolute Gasteiger partial charge is 0.349 e. The molecule has 4 heterocycles. The fourth-order valence-corrected chi connectivity index (χ4v) is 5.38. The maximum absolute atomic E-state index is 6.23. The first-order valence-corrected chi connectivity index (χ1v) is 8.75. The van der Waals surface area contributed by atoms with E-state index in [0.29, 0.717) is 23.7 Å². The molecule has 0 aromatic carbocycles. The van der Waals surface area contributed by atoms with Crippen LogP contribution in [0.5, 0.6) is 0 Å². The molecule has 5 aliphatic rings. The van der Waals surface area contributed by atoms with Crippen molar-refractivity contribution in [1.82, 2.24) is 0 Å². The third kappa shape index (κ3) is 1.95. The van der Waals surface area contributed by atoms with Gasteiger partial charge in [-0.2, -0.15) is 0 Å². The van der Waals surface area contributed by atoms with Crippen LogP contribution >= 0.6 is 0 Å². The van der Waals surface area contributed by atoms with Crippen molar-refractivity contribution in [3.63, 3.8) is 0 Å². The van der Waals surface area contributed by atoms with Gasteiger partial charge < -0.3 is 9.47 Å². The molecule has 0 unspecified atom stereocenters. The van der Waals surface area contributed by atoms with E-state index >= 15 is 0 Å². The molecule has 4 aliphatic heterocycles. The number of hydrogen-bond acceptors (Lipinski definition) is 4. The Morgan fingerprint density at radius 1 is 1.10 bits per heavy atom. The molecule has 0 aromatic heterocycles. The maximum atomic E-state index is 6.23. The van der Waals surface area contributed by atoms with Crippen LogP contribution in [0.2, 0.25) is 0 Å². The summed E-state index contributed by atoms with van der Waals surface area (Å²) in [5.74, 6) is 1.61. The van der Waals surface area contributed by atoms with Crippen LogP contribution in [0, 0.1) is 23.7 Å². The first kappa shape index (κ1) is 14.4. The van der Waals surface area contributed by atoms with E-state index < -0.39 is 5.79 Å². The summed E-state index contributed by atoms with van der Waals surface area (Å²) < 4.78 is 12.4. The zero-order valence-electron chi connectivity index (χ0n) is 13.5. The highest BCUT2D eigenvalue weighted by molar-refractivity contribution is 5.08. The van der Waals surface area contributed by atoms with E-state index in [1.54, 1.807) is 0 Å². The van der Waals surface area contributed by atoms with Crippen LogP contribution in [0.15, 0.2) is 0 Å². The highest BCUT2D eigenvalue weighted by atomic mass is 17.3. The minimum atomic E-state index is -0.630. The highest BCUT2D eigenvalue weighted by Crippen LogP contribution is 2.59. The molecule has 5 fully saturated rings. The third-order valence-corrected chi connectivity index (χ3v) is 6.47. The topological polar surface area (TPSA) is 36.9 Å². The van der Waals surface area contributed by atoms with Gasteiger partial charge in [0.15, 0.2) is 11.9 Å². The van der Waals surface area contributed by atoms with Gasteiger partial charge in [0.25, 0.3) is 0 Å². The maximum Gasteiger partial charge on any atom is 0.201 e. The van der Waals surface area contributed by atoms with E-state index in [-0.39, 0.29) is 11.9 Å². The lowest BCUT2D eigenvalue weighted by Gasteiger charge is -2.59. The lowest BCUT2D eigenvalue weighted by atomic mass is 9.57. The average Bonchev–Trinajstić information content (AvgIpc) is 2.69. The minimum absolute atomic E-state index is 0.246. The Morgan fingerprint density at radius 3 is 2.76 bits per heavy atom. The zero-order valence-corrected chi connectivity index (χ0v) is 13.5. The Balaban J connectivity index is 1.75. The van der Waals surface area contributed by atoms with Crippen LogP contribution in [0.25, 0.3) is 0 Å². The van der Waals surface area contributed by atoms with E-state index in [2.05, 4.69) is 13.8 Å². The van der Waals surface area contributed by atoms with Crippen molar-refractivity contribution < 1.29 is 19.2 Å². The molecule has 120 valence electrons. The van der Waals surface area contributed by atoms with E-state index in [0.717, 1.165) is 19.4 Å². The normalized spacial score (nSPS) is 55.9. The van der Waals surface area contributed by atoms with Gasteiger partial charge in [-0.25, -0.2) is 9.78 Å². The predicted octanol–water partition coefficient (Wildman–Crippen LogP) is 3.65. The molecule has 0 N–H and O–H groups in total. The zero-order chi connectivity index (χ0) is 14.7. The number of ether oxygens (including phenoxy) is 2. The Hall–Kier alpha value is -0.160. The lowest BCUT2D eigenvalue weighted by Crippen LogP contribution is -2.69. The Kier molecular flexibility index (Phi) is 3.38. The third-order valence-electron chi connectivity index (χ3n) is 6.47. The first-order chi connectivity index (χ1) is 10.1. The summed E-state index contributed by atoms with van der Waals surface area (Å²) in [4.78, 5) is 11.9. The molecule has 0 radical (unpaired) electrons. The summed E-state index contributed by atoms with van der Waals surface area (Å²) in [6.07, 6.45) is 6.69. The molecule has 1 aliphatic carbocycles. The Morgan fingerprint density at radius 2 is 1.95 bits per heavy atom. The van der Waals surface area contributed by atoms with Crippen molar-refractivity contribution in [3.05, 3.63) is 0 Å². The van der Waals surface area contributed by atoms with Gasteiger partial charge in [0.2, 0.25) is 5.79 Å². The van der Waals surface area contributed by atoms with Crippen molar-refractivity contribution in [2.45, 2.75) is 77.0 Å². The molecule has 4 nitrogen and oxygen atoms in total. The summed E-state index contributed by atoms with van der Waals surface area (Å²) >= 11 is 0. The fourth-order valence-electron chi connectivity index (χ4n) is 5.38. The summed E-state index contributed by atoms with van der Waals surface area (Å²) in [5, 5.41) is 0. The van der Waals surface area contributed by atoms with Crippen LogP contribution in [-0.2, 0) is 19.2 Å². The standard InChI is InChI=1S/C17H28O4/c1-4-5-12-10-18-15-17-13(11(2)6-7-14(12)17)8-9-16(3,19-15)20-21-17/h11-15H,4-10H2,1-3H3/t11-,12+,13+,14+,15-,16-,17-/m1/s1. The van der Waals surface area contributed by atoms with Gasteiger partial charge in [-0.3, -0.25) is 0 Å². The Labute approximate surface area is 127 Å². The van der Waals surface area contributed by atoms with Gasteiger partial charge in [0.05, 0.1) is 6.61 Å². The van der Waals surface area contributed by atoms with E-state index in [1.165, 1.54) is 25.7 Å². The molecular formula is C17H28O4. The van der Waals surface area contributed by atoms with Gasteiger partial charge in [-0.05, 0) is 50.4 Å². The van der Waals surface area contributed by atoms with Crippen LogP contribution in [0.4, 0.5) is 0 Å². The molecule has 1 saturated carbocycles.